The predicted octanol–water partition coefficient (Wildman–Crippen LogP) is 2.96. The molecule has 0 atom stereocenters. The first-order chi connectivity index (χ1) is 17.9. The minimum absolute atomic E-state index is 0.0328. The molecular formula is C25H20N4O8. The molecule has 0 bridgehead atoms. The molecule has 1 aliphatic heterocycles. The fourth-order valence-corrected chi connectivity index (χ4v) is 3.40. The van der Waals surface area contributed by atoms with E-state index in [4.69, 9.17) is 14.2 Å². The van der Waals surface area contributed by atoms with Crippen LogP contribution in [-0.2, 0) is 4.79 Å². The minimum Gasteiger partial charge on any atom is -0.504 e. The Hall–Kier alpha value is -5.39. The third-order valence-corrected chi connectivity index (χ3v) is 5.13. The molecule has 188 valence electrons. The maximum Gasteiger partial charge on any atom is 0.323 e. The molecular weight excluding hydrogens is 484 g/mol. The van der Waals surface area contributed by atoms with Crippen LogP contribution in [0.25, 0.3) is 6.08 Å². The summed E-state index contributed by atoms with van der Waals surface area (Å²) in [6.07, 6.45) is 2.44. The molecule has 3 aromatic rings. The second-order valence-electron chi connectivity index (χ2n) is 7.50. The van der Waals surface area contributed by atoms with Gasteiger partial charge in [-0.3, -0.25) is 19.7 Å². The number of aromatic hydroxyl groups is 1. The van der Waals surface area contributed by atoms with Crippen LogP contribution < -0.4 is 25.0 Å². The number of phenolic OH excluding ortho intramolecular Hbond substituents is 1. The molecule has 12 heteroatoms. The summed E-state index contributed by atoms with van der Waals surface area (Å²) in [5.41, 5.74) is 2.38. The second-order valence-corrected chi connectivity index (χ2v) is 7.50. The number of ether oxygens (including phenoxy) is 3. The van der Waals surface area contributed by atoms with Crippen LogP contribution in [0.3, 0.4) is 0 Å². The van der Waals surface area contributed by atoms with Gasteiger partial charge in [0.05, 0.1) is 23.8 Å². The summed E-state index contributed by atoms with van der Waals surface area (Å²) in [5.74, 6) is -1.08. The van der Waals surface area contributed by atoms with Gasteiger partial charge >= 0.3 is 5.69 Å². The van der Waals surface area contributed by atoms with E-state index in [2.05, 4.69) is 15.8 Å². The Kier molecular flexibility index (Phi) is 7.29. The number of nitro groups is 1. The van der Waals surface area contributed by atoms with Crippen molar-refractivity contribution in [3.63, 3.8) is 0 Å². The number of hydrogen-bond acceptors (Lipinski definition) is 9. The first kappa shape index (κ1) is 24.7. The van der Waals surface area contributed by atoms with Crippen molar-refractivity contribution in [2.45, 2.75) is 0 Å². The Morgan fingerprint density at radius 1 is 1.11 bits per heavy atom. The number of nitrogens with one attached hydrogen (secondary N) is 2. The fourth-order valence-electron chi connectivity index (χ4n) is 3.40. The highest BCUT2D eigenvalue weighted by Crippen LogP contribution is 2.38. The van der Waals surface area contributed by atoms with Crippen LogP contribution in [0.15, 0.2) is 71.5 Å². The van der Waals surface area contributed by atoms with E-state index in [-0.39, 0.29) is 23.8 Å². The third-order valence-electron chi connectivity index (χ3n) is 5.13. The van der Waals surface area contributed by atoms with Crippen LogP contribution in [0.5, 0.6) is 23.0 Å². The lowest BCUT2D eigenvalue weighted by atomic mass is 10.1. The first-order valence-electron chi connectivity index (χ1n) is 10.7. The van der Waals surface area contributed by atoms with Crippen LogP contribution >= 0.6 is 0 Å². The van der Waals surface area contributed by atoms with E-state index in [9.17, 15) is 24.8 Å². The SMILES string of the molecule is COc1c(O)ccc(/C=N\NC(=O)/C(=C\c2ccc3c(c2)OCO3)NC(=O)c2ccccc2)c1[N+](=O)[O-]. The summed E-state index contributed by atoms with van der Waals surface area (Å²) in [5, 5.41) is 27.7. The van der Waals surface area contributed by atoms with Crippen LogP contribution in [0.2, 0.25) is 0 Å². The number of rotatable bonds is 8. The van der Waals surface area contributed by atoms with Crippen molar-refractivity contribution in [1.29, 1.82) is 0 Å². The summed E-state index contributed by atoms with van der Waals surface area (Å²) < 4.78 is 15.6. The summed E-state index contributed by atoms with van der Waals surface area (Å²) >= 11 is 0. The molecule has 0 aliphatic carbocycles. The Balaban J connectivity index is 1.60. The number of hydrogen-bond donors (Lipinski definition) is 3. The summed E-state index contributed by atoms with van der Waals surface area (Å²) in [4.78, 5) is 36.4. The van der Waals surface area contributed by atoms with Crippen molar-refractivity contribution in [3.05, 3.63) is 93.2 Å². The molecule has 1 heterocycles. The molecule has 3 N–H and O–H groups in total. The summed E-state index contributed by atoms with van der Waals surface area (Å²) in [7, 11) is 1.17. The molecule has 0 fully saturated rings. The summed E-state index contributed by atoms with van der Waals surface area (Å²) in [6, 6.07) is 15.7. The van der Waals surface area contributed by atoms with Crippen molar-refractivity contribution in [3.8, 4) is 23.0 Å². The number of phenols is 1. The molecule has 3 aromatic carbocycles. The average Bonchev–Trinajstić information content (AvgIpc) is 3.37. The largest absolute Gasteiger partial charge is 0.504 e. The standard InChI is InChI=1S/C25H20N4O8/c1-35-23-19(30)9-8-17(22(23)29(33)34)13-26-28-25(32)18(27-24(31)16-5-3-2-4-6-16)11-15-7-10-20-21(12-15)37-14-36-20/h2-13,30H,14H2,1H3,(H,27,31)(H,28,32)/b18-11+,26-13-. The number of fused-ring (bicyclic) bond motifs is 1. The molecule has 0 saturated carbocycles. The van der Waals surface area contributed by atoms with Gasteiger partial charge in [0.25, 0.3) is 11.8 Å². The zero-order chi connectivity index (χ0) is 26.4. The number of benzene rings is 3. The Morgan fingerprint density at radius 3 is 2.59 bits per heavy atom. The molecule has 37 heavy (non-hydrogen) atoms. The smallest absolute Gasteiger partial charge is 0.323 e. The predicted molar refractivity (Wildman–Crippen MR) is 132 cm³/mol. The second kappa shape index (κ2) is 10.9. The maximum absolute atomic E-state index is 13.0. The molecule has 1 aliphatic rings. The Labute approximate surface area is 209 Å². The van der Waals surface area contributed by atoms with Gasteiger partial charge in [0.15, 0.2) is 17.2 Å². The van der Waals surface area contributed by atoms with Gasteiger partial charge in [-0.15, -0.1) is 0 Å². The van der Waals surface area contributed by atoms with Gasteiger partial charge < -0.3 is 24.6 Å². The van der Waals surface area contributed by atoms with Gasteiger partial charge in [0.2, 0.25) is 12.5 Å². The number of nitro benzene ring substituents is 1. The van der Waals surface area contributed by atoms with E-state index in [0.29, 0.717) is 22.6 Å². The van der Waals surface area contributed by atoms with E-state index in [0.717, 1.165) is 6.21 Å². The normalized spacial score (nSPS) is 12.3. The van der Waals surface area contributed by atoms with Crippen molar-refractivity contribution in [2.75, 3.05) is 13.9 Å². The highest BCUT2D eigenvalue weighted by atomic mass is 16.7. The monoisotopic (exact) mass is 504 g/mol. The van der Waals surface area contributed by atoms with E-state index in [1.165, 1.54) is 25.3 Å². The van der Waals surface area contributed by atoms with Gasteiger partial charge in [-0.05, 0) is 48.0 Å². The lowest BCUT2D eigenvalue weighted by molar-refractivity contribution is -0.386. The fraction of sp³-hybridized carbons (Fsp3) is 0.0800. The lowest BCUT2D eigenvalue weighted by Gasteiger charge is -2.10. The van der Waals surface area contributed by atoms with Gasteiger partial charge in [0, 0.05) is 5.56 Å². The van der Waals surface area contributed by atoms with Crippen molar-refractivity contribution in [2.24, 2.45) is 5.10 Å². The molecule has 0 radical (unpaired) electrons. The number of nitrogens with zero attached hydrogens (tertiary/aromatic N) is 2. The Bertz CT molecular complexity index is 1420. The Morgan fingerprint density at radius 2 is 1.86 bits per heavy atom. The van der Waals surface area contributed by atoms with Crippen molar-refractivity contribution >= 4 is 29.8 Å². The third kappa shape index (κ3) is 5.65. The molecule has 4 rings (SSSR count). The molecule has 0 saturated heterocycles. The van der Waals surface area contributed by atoms with Gasteiger partial charge in [-0.2, -0.15) is 5.10 Å². The molecule has 2 amide bonds. The summed E-state index contributed by atoms with van der Waals surface area (Å²) in [6.45, 7) is 0.0729. The number of carbonyl (C=O) groups is 2. The van der Waals surface area contributed by atoms with Crippen LogP contribution in [0.4, 0.5) is 5.69 Å². The van der Waals surface area contributed by atoms with E-state index >= 15 is 0 Å². The van der Waals surface area contributed by atoms with Crippen LogP contribution in [0, 0.1) is 10.1 Å². The molecule has 0 unspecified atom stereocenters. The zero-order valence-electron chi connectivity index (χ0n) is 19.3. The lowest BCUT2D eigenvalue weighted by Crippen LogP contribution is -2.32. The van der Waals surface area contributed by atoms with E-state index in [1.54, 1.807) is 48.5 Å². The van der Waals surface area contributed by atoms with Crippen LogP contribution in [-0.4, -0.2) is 42.0 Å². The highest BCUT2D eigenvalue weighted by Gasteiger charge is 2.23. The van der Waals surface area contributed by atoms with E-state index < -0.39 is 28.2 Å². The number of methoxy groups -OCH3 is 1. The van der Waals surface area contributed by atoms with Crippen molar-refractivity contribution < 1.29 is 33.8 Å². The van der Waals surface area contributed by atoms with Crippen LogP contribution in [0.1, 0.15) is 21.5 Å². The van der Waals surface area contributed by atoms with Gasteiger partial charge in [-0.25, -0.2) is 5.43 Å². The van der Waals surface area contributed by atoms with E-state index in [1.807, 2.05) is 0 Å². The number of amides is 2. The number of carbonyl (C=O) groups excluding carboxylic acids is 2. The van der Waals surface area contributed by atoms with Crippen molar-refractivity contribution in [1.82, 2.24) is 10.7 Å². The zero-order valence-corrected chi connectivity index (χ0v) is 19.3. The maximum atomic E-state index is 13.0. The average molecular weight is 504 g/mol. The van der Waals surface area contributed by atoms with Gasteiger partial charge in [-0.1, -0.05) is 24.3 Å². The molecule has 0 aromatic heterocycles. The van der Waals surface area contributed by atoms with Gasteiger partial charge in [0.1, 0.15) is 5.70 Å². The number of hydrazone groups is 1. The molecule has 12 nitrogen and oxygen atoms in total. The topological polar surface area (TPSA) is 162 Å². The minimum atomic E-state index is -0.799. The highest BCUT2D eigenvalue weighted by molar-refractivity contribution is 6.05. The molecule has 0 spiro atoms. The first-order valence-corrected chi connectivity index (χ1v) is 10.7. The quantitative estimate of drug-likeness (QED) is 0.183.